The highest BCUT2D eigenvalue weighted by Crippen LogP contribution is 2.30. The van der Waals surface area contributed by atoms with Crippen LogP contribution in [0.25, 0.3) is 0 Å². The molecule has 6 nitrogen and oxygen atoms in total. The second kappa shape index (κ2) is 8.49. The van der Waals surface area contributed by atoms with E-state index in [-0.39, 0.29) is 12.0 Å². The van der Waals surface area contributed by atoms with Crippen molar-refractivity contribution in [1.29, 1.82) is 0 Å². The zero-order valence-corrected chi connectivity index (χ0v) is 15.7. The molecule has 2 aromatic heterocycles. The molecule has 0 saturated heterocycles. The van der Waals surface area contributed by atoms with E-state index >= 15 is 0 Å². The van der Waals surface area contributed by atoms with Gasteiger partial charge < -0.3 is 23.2 Å². The first kappa shape index (κ1) is 18.6. The molecule has 0 aliphatic rings. The van der Waals surface area contributed by atoms with E-state index in [2.05, 4.69) is 0 Å². The Hall–Kier alpha value is -3.15. The standard InChI is InChI=1S/C21H23NO5/c1-15(2)27-19-9-8-16(12-20(19)24-3)21(23)22(13-17-6-4-10-25-17)14-18-7-5-11-26-18/h4-12,15H,13-14H2,1-3H3. The first-order valence-electron chi connectivity index (χ1n) is 8.75. The van der Waals surface area contributed by atoms with Crippen LogP contribution in [0.2, 0.25) is 0 Å². The van der Waals surface area contributed by atoms with Crippen molar-refractivity contribution in [3.8, 4) is 11.5 Å². The summed E-state index contributed by atoms with van der Waals surface area (Å²) in [5, 5.41) is 0. The van der Waals surface area contributed by atoms with Gasteiger partial charge in [0.25, 0.3) is 5.91 Å². The molecule has 2 heterocycles. The average Bonchev–Trinajstić information content (AvgIpc) is 3.34. The minimum Gasteiger partial charge on any atom is -0.493 e. The molecule has 1 amide bonds. The first-order chi connectivity index (χ1) is 13.1. The molecule has 27 heavy (non-hydrogen) atoms. The number of carbonyl (C=O) groups excluding carboxylic acids is 1. The van der Waals surface area contributed by atoms with Crippen LogP contribution in [0.5, 0.6) is 11.5 Å². The second-order valence-corrected chi connectivity index (χ2v) is 6.35. The van der Waals surface area contributed by atoms with E-state index in [1.165, 1.54) is 0 Å². The first-order valence-corrected chi connectivity index (χ1v) is 8.75. The van der Waals surface area contributed by atoms with Crippen LogP contribution in [0.15, 0.2) is 63.8 Å². The fourth-order valence-corrected chi connectivity index (χ4v) is 2.72. The molecule has 0 aliphatic carbocycles. The van der Waals surface area contributed by atoms with Gasteiger partial charge in [0.1, 0.15) is 11.5 Å². The molecule has 6 heteroatoms. The summed E-state index contributed by atoms with van der Waals surface area (Å²) < 4.78 is 21.9. The Morgan fingerprint density at radius 2 is 1.63 bits per heavy atom. The lowest BCUT2D eigenvalue weighted by Crippen LogP contribution is -2.29. The van der Waals surface area contributed by atoms with Crippen LogP contribution in [-0.2, 0) is 13.1 Å². The molecule has 1 aromatic carbocycles. The van der Waals surface area contributed by atoms with Gasteiger partial charge in [0, 0.05) is 5.56 Å². The number of hydrogen-bond donors (Lipinski definition) is 0. The molecule has 3 aromatic rings. The maximum atomic E-state index is 13.1. The number of hydrogen-bond acceptors (Lipinski definition) is 5. The monoisotopic (exact) mass is 369 g/mol. The van der Waals surface area contributed by atoms with Gasteiger partial charge in [-0.25, -0.2) is 0 Å². The molecule has 0 radical (unpaired) electrons. The number of ether oxygens (including phenoxy) is 2. The minimum atomic E-state index is -0.155. The Labute approximate surface area is 158 Å². The third-order valence-electron chi connectivity index (χ3n) is 3.91. The minimum absolute atomic E-state index is 0.00913. The number of methoxy groups -OCH3 is 1. The fourth-order valence-electron chi connectivity index (χ4n) is 2.72. The number of furan rings is 2. The SMILES string of the molecule is COc1cc(C(=O)N(Cc2ccco2)Cc2ccco2)ccc1OC(C)C. The quantitative estimate of drug-likeness (QED) is 0.584. The van der Waals surface area contributed by atoms with E-state index < -0.39 is 0 Å². The Balaban J connectivity index is 1.86. The topological polar surface area (TPSA) is 65.0 Å². The summed E-state index contributed by atoms with van der Waals surface area (Å²) in [4.78, 5) is 14.8. The molecular weight excluding hydrogens is 346 g/mol. The largest absolute Gasteiger partial charge is 0.493 e. The molecule has 0 spiro atoms. The van der Waals surface area contributed by atoms with Crippen LogP contribution in [0.1, 0.15) is 35.7 Å². The van der Waals surface area contributed by atoms with Crippen LogP contribution in [0, 0.1) is 0 Å². The predicted octanol–water partition coefficient (Wildman–Crippen LogP) is 4.51. The molecule has 0 bridgehead atoms. The highest BCUT2D eigenvalue weighted by Gasteiger charge is 2.21. The van der Waals surface area contributed by atoms with Crippen LogP contribution in [-0.4, -0.2) is 24.0 Å². The normalized spacial score (nSPS) is 10.8. The van der Waals surface area contributed by atoms with Gasteiger partial charge in [0.05, 0.1) is 38.8 Å². The van der Waals surface area contributed by atoms with Gasteiger partial charge >= 0.3 is 0 Å². The van der Waals surface area contributed by atoms with E-state index in [1.807, 2.05) is 26.0 Å². The van der Waals surface area contributed by atoms with E-state index in [4.69, 9.17) is 18.3 Å². The highest BCUT2D eigenvalue weighted by molar-refractivity contribution is 5.94. The Kier molecular flexibility index (Phi) is 5.86. The van der Waals surface area contributed by atoms with Crippen LogP contribution in [0.4, 0.5) is 0 Å². The summed E-state index contributed by atoms with van der Waals surface area (Å²) in [5.41, 5.74) is 0.501. The molecule has 0 atom stereocenters. The van der Waals surface area contributed by atoms with Crippen molar-refractivity contribution < 1.29 is 23.1 Å². The maximum Gasteiger partial charge on any atom is 0.254 e. The number of amides is 1. The van der Waals surface area contributed by atoms with E-state index in [0.717, 1.165) is 0 Å². The smallest absolute Gasteiger partial charge is 0.254 e. The van der Waals surface area contributed by atoms with E-state index in [0.29, 0.717) is 41.7 Å². The molecule has 0 unspecified atom stereocenters. The lowest BCUT2D eigenvalue weighted by molar-refractivity contribution is 0.0704. The number of carbonyl (C=O) groups is 1. The lowest BCUT2D eigenvalue weighted by atomic mass is 10.1. The van der Waals surface area contributed by atoms with Gasteiger partial charge in [-0.15, -0.1) is 0 Å². The third-order valence-corrected chi connectivity index (χ3v) is 3.91. The number of rotatable bonds is 8. The fraction of sp³-hybridized carbons (Fsp3) is 0.286. The molecule has 0 aliphatic heterocycles. The highest BCUT2D eigenvalue weighted by atomic mass is 16.5. The van der Waals surface area contributed by atoms with Crippen molar-refractivity contribution >= 4 is 5.91 Å². The van der Waals surface area contributed by atoms with Crippen molar-refractivity contribution in [2.24, 2.45) is 0 Å². The zero-order chi connectivity index (χ0) is 19.2. The van der Waals surface area contributed by atoms with Crippen molar-refractivity contribution in [3.05, 3.63) is 72.1 Å². The second-order valence-electron chi connectivity index (χ2n) is 6.35. The van der Waals surface area contributed by atoms with Crippen molar-refractivity contribution in [1.82, 2.24) is 4.90 Å². The molecule has 142 valence electrons. The third kappa shape index (κ3) is 4.73. The van der Waals surface area contributed by atoms with Gasteiger partial charge in [-0.3, -0.25) is 4.79 Å². The van der Waals surface area contributed by atoms with Gasteiger partial charge in [-0.05, 0) is 56.3 Å². The van der Waals surface area contributed by atoms with Gasteiger partial charge in [-0.1, -0.05) is 0 Å². The van der Waals surface area contributed by atoms with Crippen molar-refractivity contribution in [2.45, 2.75) is 33.0 Å². The van der Waals surface area contributed by atoms with Crippen LogP contribution >= 0.6 is 0 Å². The Morgan fingerprint density at radius 3 is 2.11 bits per heavy atom. The summed E-state index contributed by atoms with van der Waals surface area (Å²) in [5.74, 6) is 2.36. The Bertz CT molecular complexity index is 817. The molecule has 0 N–H and O–H groups in total. The summed E-state index contributed by atoms with van der Waals surface area (Å²) in [7, 11) is 1.56. The lowest BCUT2D eigenvalue weighted by Gasteiger charge is -2.21. The maximum absolute atomic E-state index is 13.1. The van der Waals surface area contributed by atoms with Gasteiger partial charge in [-0.2, -0.15) is 0 Å². The van der Waals surface area contributed by atoms with Gasteiger partial charge in [0.15, 0.2) is 11.5 Å². The molecular formula is C21H23NO5. The van der Waals surface area contributed by atoms with Crippen LogP contribution in [0.3, 0.4) is 0 Å². The van der Waals surface area contributed by atoms with Gasteiger partial charge in [0.2, 0.25) is 0 Å². The average molecular weight is 369 g/mol. The predicted molar refractivity (Wildman–Crippen MR) is 99.8 cm³/mol. The summed E-state index contributed by atoms with van der Waals surface area (Å²) in [6, 6.07) is 12.4. The summed E-state index contributed by atoms with van der Waals surface area (Å²) in [6.07, 6.45) is 3.19. The molecule has 0 fully saturated rings. The van der Waals surface area contributed by atoms with Crippen molar-refractivity contribution in [2.75, 3.05) is 7.11 Å². The molecule has 3 rings (SSSR count). The summed E-state index contributed by atoms with van der Waals surface area (Å²) in [6.45, 7) is 4.54. The van der Waals surface area contributed by atoms with Crippen molar-refractivity contribution in [3.63, 3.8) is 0 Å². The molecule has 0 saturated carbocycles. The van der Waals surface area contributed by atoms with E-state index in [1.54, 1.807) is 54.9 Å². The van der Waals surface area contributed by atoms with E-state index in [9.17, 15) is 4.79 Å². The number of nitrogens with zero attached hydrogens (tertiary/aromatic N) is 1. The van der Waals surface area contributed by atoms with Crippen LogP contribution < -0.4 is 9.47 Å². The number of benzene rings is 1. The Morgan fingerprint density at radius 1 is 1.00 bits per heavy atom. The summed E-state index contributed by atoms with van der Waals surface area (Å²) >= 11 is 0. The zero-order valence-electron chi connectivity index (χ0n) is 15.7.